The molecule has 0 aromatic heterocycles. The number of halogens is 2. The van der Waals surface area contributed by atoms with Crippen LogP contribution in [-0.4, -0.2) is 30.6 Å². The molecule has 0 saturated carbocycles. The lowest BCUT2D eigenvalue weighted by atomic mass is 10.1. The van der Waals surface area contributed by atoms with Crippen LogP contribution in [0, 0.1) is 5.82 Å². The topological polar surface area (TPSA) is 72.8 Å². The molecule has 0 fully saturated rings. The predicted octanol–water partition coefficient (Wildman–Crippen LogP) is 2.05. The number of ether oxygens (including phenoxy) is 2. The van der Waals surface area contributed by atoms with Gasteiger partial charge in [-0.1, -0.05) is 0 Å². The number of esters is 1. The number of hydrogen-bond acceptors (Lipinski definition) is 5. The van der Waals surface area contributed by atoms with Gasteiger partial charge >= 0.3 is 5.97 Å². The number of carbonyl (C=O) groups is 2. The minimum atomic E-state index is -1.22. The summed E-state index contributed by atoms with van der Waals surface area (Å²) in [7, 11) is 1.14. The molecule has 1 N–H and O–H groups in total. The summed E-state index contributed by atoms with van der Waals surface area (Å²) in [6.45, 7) is 1.49. The van der Waals surface area contributed by atoms with Gasteiger partial charge in [0.1, 0.15) is 5.56 Å². The van der Waals surface area contributed by atoms with E-state index in [0.717, 1.165) is 13.2 Å². The van der Waals surface area contributed by atoms with Gasteiger partial charge in [0.25, 0.3) is 5.78 Å². The van der Waals surface area contributed by atoms with Gasteiger partial charge in [0.15, 0.2) is 17.3 Å². The van der Waals surface area contributed by atoms with Gasteiger partial charge in [0.2, 0.25) is 0 Å². The molecular weight excluding hydrogens is 311 g/mol. The Hall–Kier alpha value is -1.63. The van der Waals surface area contributed by atoms with Crippen LogP contribution >= 0.6 is 15.9 Å². The Kier molecular flexibility index (Phi) is 4.66. The Labute approximate surface area is 111 Å². The molecule has 0 bridgehead atoms. The highest BCUT2D eigenvalue weighted by atomic mass is 79.9. The highest BCUT2D eigenvalue weighted by Crippen LogP contribution is 2.36. The monoisotopic (exact) mass is 320 g/mol. The molecule has 1 aromatic carbocycles. The second-order valence-corrected chi connectivity index (χ2v) is 4.00. The summed E-state index contributed by atoms with van der Waals surface area (Å²) in [5.41, 5.74) is -0.664. The zero-order chi connectivity index (χ0) is 13.9. The van der Waals surface area contributed by atoms with Crippen molar-refractivity contribution in [3.8, 4) is 11.5 Å². The maximum absolute atomic E-state index is 13.8. The van der Waals surface area contributed by atoms with Crippen LogP contribution in [0.1, 0.15) is 17.3 Å². The predicted molar refractivity (Wildman–Crippen MR) is 63.3 cm³/mol. The van der Waals surface area contributed by atoms with Gasteiger partial charge in [-0.05, 0) is 22.9 Å². The summed E-state index contributed by atoms with van der Waals surface area (Å²) >= 11 is 2.82. The smallest absolute Gasteiger partial charge is 0.379 e. The normalized spacial score (nSPS) is 10.0. The third kappa shape index (κ3) is 2.61. The van der Waals surface area contributed by atoms with Gasteiger partial charge in [0.05, 0.1) is 18.2 Å². The Balaban J connectivity index is 3.38. The van der Waals surface area contributed by atoms with Gasteiger partial charge in [-0.25, -0.2) is 9.18 Å². The fraction of sp³-hybridized carbons (Fsp3) is 0.273. The maximum Gasteiger partial charge on any atom is 0.379 e. The van der Waals surface area contributed by atoms with Crippen molar-refractivity contribution in [1.29, 1.82) is 0 Å². The minimum Gasteiger partial charge on any atom is -0.504 e. The van der Waals surface area contributed by atoms with E-state index < -0.39 is 34.6 Å². The first-order valence-corrected chi connectivity index (χ1v) is 5.69. The van der Waals surface area contributed by atoms with Crippen LogP contribution in [0.25, 0.3) is 0 Å². The molecule has 0 spiro atoms. The van der Waals surface area contributed by atoms with E-state index in [1.54, 1.807) is 0 Å². The van der Waals surface area contributed by atoms with Gasteiger partial charge < -0.3 is 14.6 Å². The third-order valence-corrected chi connectivity index (χ3v) is 2.62. The fourth-order valence-corrected chi connectivity index (χ4v) is 1.72. The minimum absolute atomic E-state index is 0.0194. The molecular formula is C11H10BrFO5. The van der Waals surface area contributed by atoms with E-state index in [1.165, 1.54) is 6.92 Å². The zero-order valence-electron chi connectivity index (χ0n) is 9.62. The Bertz CT molecular complexity index is 501. The Morgan fingerprint density at radius 2 is 2.11 bits per heavy atom. The second-order valence-electron chi connectivity index (χ2n) is 3.15. The van der Waals surface area contributed by atoms with Crippen molar-refractivity contribution in [2.45, 2.75) is 6.92 Å². The number of ketones is 1. The molecule has 7 heteroatoms. The number of hydrogen-bond donors (Lipinski definition) is 1. The largest absolute Gasteiger partial charge is 0.504 e. The fourth-order valence-electron chi connectivity index (χ4n) is 1.30. The van der Waals surface area contributed by atoms with Crippen LogP contribution in [0.15, 0.2) is 10.5 Å². The van der Waals surface area contributed by atoms with E-state index in [9.17, 15) is 19.1 Å². The van der Waals surface area contributed by atoms with Crippen molar-refractivity contribution in [2.75, 3.05) is 13.7 Å². The summed E-state index contributed by atoms with van der Waals surface area (Å²) in [4.78, 5) is 23.0. The number of rotatable bonds is 4. The summed E-state index contributed by atoms with van der Waals surface area (Å²) in [5.74, 6) is -4.30. The number of phenolic OH excluding ortho intramolecular Hbond substituents is 1. The van der Waals surface area contributed by atoms with E-state index in [1.807, 2.05) is 0 Å². The van der Waals surface area contributed by atoms with Crippen molar-refractivity contribution in [3.63, 3.8) is 0 Å². The number of methoxy groups -OCH3 is 1. The highest BCUT2D eigenvalue weighted by Gasteiger charge is 2.29. The third-order valence-electron chi connectivity index (χ3n) is 2.04. The number of aromatic hydroxyl groups is 1. The van der Waals surface area contributed by atoms with Gasteiger partial charge in [-0.2, -0.15) is 0 Å². The molecule has 0 radical (unpaired) electrons. The lowest BCUT2D eigenvalue weighted by molar-refractivity contribution is -0.137. The molecule has 0 heterocycles. The van der Waals surface area contributed by atoms with E-state index in [4.69, 9.17) is 4.74 Å². The van der Waals surface area contributed by atoms with E-state index in [0.29, 0.717) is 0 Å². The van der Waals surface area contributed by atoms with Crippen LogP contribution in [0.4, 0.5) is 4.39 Å². The second kappa shape index (κ2) is 5.81. The number of Topliss-reactive ketones (excluding diaryl/α,β-unsaturated/α-hetero) is 1. The van der Waals surface area contributed by atoms with E-state index in [-0.39, 0.29) is 11.1 Å². The molecule has 0 aliphatic rings. The summed E-state index contributed by atoms with van der Waals surface area (Å²) in [6.07, 6.45) is 0. The van der Waals surface area contributed by atoms with E-state index >= 15 is 0 Å². The van der Waals surface area contributed by atoms with Gasteiger partial charge in [0, 0.05) is 6.07 Å². The molecule has 98 valence electrons. The first-order chi connectivity index (χ1) is 8.43. The van der Waals surface area contributed by atoms with Crippen LogP contribution in [0.5, 0.6) is 11.5 Å². The number of benzene rings is 1. The van der Waals surface area contributed by atoms with Crippen molar-refractivity contribution >= 4 is 27.7 Å². The van der Waals surface area contributed by atoms with Crippen LogP contribution in [0.3, 0.4) is 0 Å². The molecule has 0 aliphatic carbocycles. The first-order valence-electron chi connectivity index (χ1n) is 4.90. The first kappa shape index (κ1) is 14.4. The molecule has 0 amide bonds. The molecule has 0 saturated heterocycles. The van der Waals surface area contributed by atoms with Crippen molar-refractivity contribution in [1.82, 2.24) is 0 Å². The molecule has 18 heavy (non-hydrogen) atoms. The van der Waals surface area contributed by atoms with E-state index in [2.05, 4.69) is 20.7 Å². The average molecular weight is 321 g/mol. The van der Waals surface area contributed by atoms with Crippen molar-refractivity contribution in [3.05, 3.63) is 21.9 Å². The maximum atomic E-state index is 13.8. The quantitative estimate of drug-likeness (QED) is 0.522. The number of carbonyl (C=O) groups excluding carboxylic acids is 2. The summed E-state index contributed by atoms with van der Waals surface area (Å²) in [5, 5.41) is 9.53. The summed E-state index contributed by atoms with van der Waals surface area (Å²) < 4.78 is 22.9. The molecule has 1 aromatic rings. The average Bonchev–Trinajstić information content (AvgIpc) is 2.32. The van der Waals surface area contributed by atoms with Crippen molar-refractivity contribution < 1.29 is 28.6 Å². The molecule has 1 rings (SSSR count). The highest BCUT2D eigenvalue weighted by molar-refractivity contribution is 9.10. The van der Waals surface area contributed by atoms with Crippen LogP contribution in [-0.2, 0) is 9.53 Å². The SMILES string of the molecule is CCOC(=O)C(=O)c1c(F)c(Br)cc(O)c1OC. The van der Waals surface area contributed by atoms with Crippen LogP contribution < -0.4 is 4.74 Å². The number of phenols is 1. The Morgan fingerprint density at radius 1 is 1.50 bits per heavy atom. The van der Waals surface area contributed by atoms with Gasteiger partial charge in [-0.3, -0.25) is 4.79 Å². The Morgan fingerprint density at radius 3 is 2.61 bits per heavy atom. The zero-order valence-corrected chi connectivity index (χ0v) is 11.2. The van der Waals surface area contributed by atoms with Crippen LogP contribution in [0.2, 0.25) is 0 Å². The molecule has 0 unspecified atom stereocenters. The molecule has 0 atom stereocenters. The van der Waals surface area contributed by atoms with Crippen molar-refractivity contribution in [2.24, 2.45) is 0 Å². The molecule has 5 nitrogen and oxygen atoms in total. The lowest BCUT2D eigenvalue weighted by Crippen LogP contribution is -2.20. The standard InChI is InChI=1S/C11H10BrFO5/c1-3-18-11(16)9(15)7-8(13)5(12)4-6(14)10(7)17-2/h4,14H,3H2,1-2H3. The lowest BCUT2D eigenvalue weighted by Gasteiger charge is -2.11. The van der Waals surface area contributed by atoms with Gasteiger partial charge in [-0.15, -0.1) is 0 Å². The summed E-state index contributed by atoms with van der Waals surface area (Å²) in [6, 6.07) is 1.02. The molecule has 0 aliphatic heterocycles.